The van der Waals surface area contributed by atoms with Crippen LogP contribution in [0.25, 0.3) is 10.9 Å². The maximum absolute atomic E-state index is 12.3. The van der Waals surface area contributed by atoms with Crippen LogP contribution in [0.5, 0.6) is 0 Å². The average Bonchev–Trinajstić information content (AvgIpc) is 2.63. The molecule has 1 aromatic heterocycles. The molecule has 132 valence electrons. The highest BCUT2D eigenvalue weighted by atomic mass is 35.5. The summed E-state index contributed by atoms with van der Waals surface area (Å²) in [5, 5.41) is 21.5. The number of nitrogens with zero attached hydrogens (tertiary/aromatic N) is 4. The molecule has 1 amide bonds. The first-order valence-corrected chi connectivity index (χ1v) is 7.90. The van der Waals surface area contributed by atoms with Crippen LogP contribution in [0.15, 0.2) is 47.3 Å². The van der Waals surface area contributed by atoms with E-state index in [-0.39, 0.29) is 34.9 Å². The van der Waals surface area contributed by atoms with Gasteiger partial charge in [-0.3, -0.25) is 19.7 Å². The van der Waals surface area contributed by atoms with Crippen molar-refractivity contribution < 1.29 is 9.72 Å². The Hall–Kier alpha value is -3.33. The largest absolute Gasteiger partial charge is 0.326 e. The van der Waals surface area contributed by atoms with Crippen LogP contribution in [0.4, 0.5) is 11.4 Å². The van der Waals surface area contributed by atoms with E-state index < -0.39 is 10.8 Å². The lowest BCUT2D eigenvalue weighted by molar-refractivity contribution is -0.384. The first kappa shape index (κ1) is 17.5. The Morgan fingerprint density at radius 1 is 1.27 bits per heavy atom. The molecule has 0 aliphatic rings. The first-order chi connectivity index (χ1) is 12.5. The third kappa shape index (κ3) is 3.67. The summed E-state index contributed by atoms with van der Waals surface area (Å²) in [6.45, 7) is 0.0260. The highest BCUT2D eigenvalue weighted by molar-refractivity contribution is 6.32. The summed E-state index contributed by atoms with van der Waals surface area (Å²) in [4.78, 5) is 34.6. The third-order valence-corrected chi connectivity index (χ3v) is 3.93. The number of carbonyl (C=O) groups excluding carboxylic acids is 1. The van der Waals surface area contributed by atoms with Crippen molar-refractivity contribution in [1.82, 2.24) is 15.0 Å². The molecular formula is C16H12ClN5O4. The predicted molar refractivity (Wildman–Crippen MR) is 95.2 cm³/mol. The number of nitro benzene ring substituents is 1. The number of hydrogen-bond acceptors (Lipinski definition) is 6. The standard InChI is InChI=1S/C16H12ClN5O4/c17-12-6-5-10(9-14(12)22(25)26)18-15(23)7-8-21-16(24)11-3-1-2-4-13(11)19-20-21/h1-6,9H,7-8H2,(H,18,23). The molecule has 0 saturated heterocycles. The van der Waals surface area contributed by atoms with Gasteiger partial charge in [-0.25, -0.2) is 4.68 Å². The minimum Gasteiger partial charge on any atom is -0.326 e. The summed E-state index contributed by atoms with van der Waals surface area (Å²) in [7, 11) is 0. The Morgan fingerprint density at radius 2 is 2.04 bits per heavy atom. The number of nitro groups is 1. The zero-order valence-electron chi connectivity index (χ0n) is 13.3. The second-order valence-electron chi connectivity index (χ2n) is 5.36. The Kier molecular flexibility index (Phi) is 4.90. The molecule has 3 aromatic rings. The number of amides is 1. The molecule has 0 fully saturated rings. The van der Waals surface area contributed by atoms with Gasteiger partial charge in [0.05, 0.1) is 16.9 Å². The van der Waals surface area contributed by atoms with Crippen LogP contribution in [-0.2, 0) is 11.3 Å². The highest BCUT2D eigenvalue weighted by Gasteiger charge is 2.14. The van der Waals surface area contributed by atoms with E-state index in [2.05, 4.69) is 15.6 Å². The smallest absolute Gasteiger partial charge is 0.289 e. The summed E-state index contributed by atoms with van der Waals surface area (Å²) in [6, 6.07) is 10.7. The number of halogens is 1. The zero-order chi connectivity index (χ0) is 18.7. The average molecular weight is 374 g/mol. The van der Waals surface area contributed by atoms with Gasteiger partial charge in [0.25, 0.3) is 11.2 Å². The molecule has 0 atom stereocenters. The maximum atomic E-state index is 12.3. The third-order valence-electron chi connectivity index (χ3n) is 3.61. The number of carbonyl (C=O) groups is 1. The van der Waals surface area contributed by atoms with Crippen molar-refractivity contribution in [3.63, 3.8) is 0 Å². The normalized spacial score (nSPS) is 10.7. The SMILES string of the molecule is O=C(CCn1nnc2ccccc2c1=O)Nc1ccc(Cl)c([N+](=O)[O-])c1. The molecular weight excluding hydrogens is 362 g/mol. The quantitative estimate of drug-likeness (QED) is 0.541. The molecule has 0 bridgehead atoms. The Morgan fingerprint density at radius 3 is 2.81 bits per heavy atom. The van der Waals surface area contributed by atoms with Crippen molar-refractivity contribution >= 4 is 39.8 Å². The lowest BCUT2D eigenvalue weighted by atomic mass is 10.2. The maximum Gasteiger partial charge on any atom is 0.289 e. The van der Waals surface area contributed by atoms with Crippen LogP contribution >= 0.6 is 11.6 Å². The summed E-state index contributed by atoms with van der Waals surface area (Å²) in [5.41, 5.74) is 0.0707. The lowest BCUT2D eigenvalue weighted by Gasteiger charge is -2.07. The molecule has 0 spiro atoms. The zero-order valence-corrected chi connectivity index (χ0v) is 14.0. The summed E-state index contributed by atoms with van der Waals surface area (Å²) >= 11 is 5.73. The monoisotopic (exact) mass is 373 g/mol. The Labute approximate surface area is 151 Å². The molecule has 0 radical (unpaired) electrons. The van der Waals surface area contributed by atoms with Crippen molar-refractivity contribution in [2.45, 2.75) is 13.0 Å². The molecule has 9 nitrogen and oxygen atoms in total. The highest BCUT2D eigenvalue weighted by Crippen LogP contribution is 2.27. The van der Waals surface area contributed by atoms with E-state index in [4.69, 9.17) is 11.6 Å². The molecule has 3 rings (SSSR count). The number of benzene rings is 2. The van der Waals surface area contributed by atoms with Crippen molar-refractivity contribution in [1.29, 1.82) is 0 Å². The lowest BCUT2D eigenvalue weighted by Crippen LogP contribution is -2.26. The number of aryl methyl sites for hydroxylation is 1. The van der Waals surface area contributed by atoms with Crippen molar-refractivity contribution in [3.8, 4) is 0 Å². The summed E-state index contributed by atoms with van der Waals surface area (Å²) in [5.74, 6) is -0.427. The van der Waals surface area contributed by atoms with Crippen molar-refractivity contribution in [2.24, 2.45) is 0 Å². The van der Waals surface area contributed by atoms with Crippen LogP contribution < -0.4 is 10.9 Å². The van der Waals surface area contributed by atoms with Gasteiger partial charge in [0.15, 0.2) is 0 Å². The molecule has 26 heavy (non-hydrogen) atoms. The van der Waals surface area contributed by atoms with E-state index in [1.807, 2.05) is 0 Å². The molecule has 1 N–H and O–H groups in total. The van der Waals surface area contributed by atoms with E-state index in [0.717, 1.165) is 4.68 Å². The van der Waals surface area contributed by atoms with Crippen LogP contribution in [0, 0.1) is 10.1 Å². The fourth-order valence-electron chi connectivity index (χ4n) is 2.33. The fourth-order valence-corrected chi connectivity index (χ4v) is 2.52. The molecule has 2 aromatic carbocycles. The second-order valence-corrected chi connectivity index (χ2v) is 5.76. The van der Waals surface area contributed by atoms with E-state index in [1.54, 1.807) is 24.3 Å². The molecule has 0 aliphatic carbocycles. The van der Waals surface area contributed by atoms with Gasteiger partial charge in [-0.15, -0.1) is 5.10 Å². The molecule has 0 unspecified atom stereocenters. The van der Waals surface area contributed by atoms with E-state index >= 15 is 0 Å². The van der Waals surface area contributed by atoms with Gasteiger partial charge >= 0.3 is 0 Å². The minimum absolute atomic E-state index is 0.0222. The van der Waals surface area contributed by atoms with Gasteiger partial charge in [-0.05, 0) is 24.3 Å². The Bertz CT molecular complexity index is 1070. The van der Waals surface area contributed by atoms with E-state index in [0.29, 0.717) is 10.9 Å². The number of nitrogens with one attached hydrogen (secondary N) is 1. The molecule has 10 heteroatoms. The van der Waals surface area contributed by atoms with Gasteiger partial charge in [-0.1, -0.05) is 28.9 Å². The van der Waals surface area contributed by atoms with Crippen LogP contribution in [-0.4, -0.2) is 25.8 Å². The topological polar surface area (TPSA) is 120 Å². The van der Waals surface area contributed by atoms with Gasteiger partial charge in [0.2, 0.25) is 5.91 Å². The first-order valence-electron chi connectivity index (χ1n) is 7.52. The van der Waals surface area contributed by atoms with Crippen LogP contribution in [0.1, 0.15) is 6.42 Å². The number of rotatable bonds is 5. The number of anilines is 1. The fraction of sp³-hybridized carbons (Fsp3) is 0.125. The van der Waals surface area contributed by atoms with Gasteiger partial charge in [-0.2, -0.15) is 0 Å². The number of fused-ring (bicyclic) bond motifs is 1. The van der Waals surface area contributed by atoms with Gasteiger partial charge in [0, 0.05) is 18.2 Å². The van der Waals surface area contributed by atoms with E-state index in [1.165, 1.54) is 18.2 Å². The van der Waals surface area contributed by atoms with Crippen molar-refractivity contribution in [3.05, 3.63) is 68.0 Å². The predicted octanol–water partition coefficient (Wildman–Crippen LogP) is 2.38. The number of hydrogen-bond donors (Lipinski definition) is 1. The summed E-state index contributed by atoms with van der Waals surface area (Å²) in [6.07, 6.45) is -0.0522. The second kappa shape index (κ2) is 7.28. The van der Waals surface area contributed by atoms with Crippen molar-refractivity contribution in [2.75, 3.05) is 5.32 Å². The summed E-state index contributed by atoms with van der Waals surface area (Å²) < 4.78 is 1.10. The molecule has 0 aliphatic heterocycles. The van der Waals surface area contributed by atoms with Crippen LogP contribution in [0.2, 0.25) is 5.02 Å². The molecule has 0 saturated carbocycles. The molecule has 1 heterocycles. The minimum atomic E-state index is -0.637. The van der Waals surface area contributed by atoms with Crippen LogP contribution in [0.3, 0.4) is 0 Å². The number of aromatic nitrogens is 3. The van der Waals surface area contributed by atoms with E-state index in [9.17, 15) is 19.7 Å². The Balaban J connectivity index is 1.70. The van der Waals surface area contributed by atoms with Gasteiger partial charge in [0.1, 0.15) is 10.5 Å². The van der Waals surface area contributed by atoms with Gasteiger partial charge < -0.3 is 5.32 Å².